The van der Waals surface area contributed by atoms with E-state index in [1.807, 2.05) is 12.1 Å². The minimum atomic E-state index is -0.429. The van der Waals surface area contributed by atoms with Crippen LogP contribution >= 0.6 is 0 Å². The number of methoxy groups -OCH3 is 2. The lowest BCUT2D eigenvalue weighted by Gasteiger charge is -2.12. The maximum atomic E-state index is 12.4. The van der Waals surface area contributed by atoms with Gasteiger partial charge >= 0.3 is 0 Å². The Morgan fingerprint density at radius 1 is 1.21 bits per heavy atom. The van der Waals surface area contributed by atoms with Gasteiger partial charge in [-0.1, -0.05) is 0 Å². The zero-order valence-electron chi connectivity index (χ0n) is 14.4. The predicted octanol–water partition coefficient (Wildman–Crippen LogP) is 2.63. The fourth-order valence-electron chi connectivity index (χ4n) is 2.44. The van der Waals surface area contributed by atoms with Crippen LogP contribution in [0.3, 0.4) is 0 Å². The molecule has 1 aromatic carbocycles. The number of rotatable bonds is 4. The molecule has 0 atom stereocenters. The molecule has 24 heavy (non-hydrogen) atoms. The van der Waals surface area contributed by atoms with Crippen molar-refractivity contribution in [1.82, 2.24) is 4.68 Å². The molecule has 124 valence electrons. The molecule has 1 aromatic heterocycles. The second-order valence-electron chi connectivity index (χ2n) is 5.32. The minimum Gasteiger partial charge on any atom is -0.497 e. The van der Waals surface area contributed by atoms with E-state index in [2.05, 4.69) is 5.10 Å². The summed E-state index contributed by atoms with van der Waals surface area (Å²) in [4.78, 5) is 12.4. The largest absolute Gasteiger partial charge is 0.497 e. The third-order valence-corrected chi connectivity index (χ3v) is 3.72. The number of aromatic nitrogens is 1. The molecule has 0 radical (unpaired) electrons. The average Bonchev–Trinajstić information content (AvgIpc) is 2.57. The van der Waals surface area contributed by atoms with Crippen molar-refractivity contribution in [2.24, 2.45) is 5.10 Å². The van der Waals surface area contributed by atoms with Gasteiger partial charge in [0.25, 0.3) is 5.56 Å². The van der Waals surface area contributed by atoms with Crippen LogP contribution in [0.1, 0.15) is 29.3 Å². The minimum absolute atomic E-state index is 0.0962. The molecule has 2 rings (SSSR count). The van der Waals surface area contributed by atoms with Crippen LogP contribution in [0.15, 0.2) is 34.2 Å². The molecule has 6 nitrogen and oxygen atoms in total. The number of pyridine rings is 1. The van der Waals surface area contributed by atoms with E-state index in [1.165, 1.54) is 4.68 Å². The highest BCUT2D eigenvalue weighted by Gasteiger charge is 2.12. The van der Waals surface area contributed by atoms with Gasteiger partial charge in [0, 0.05) is 17.3 Å². The van der Waals surface area contributed by atoms with Crippen LogP contribution in [0.25, 0.3) is 0 Å². The van der Waals surface area contributed by atoms with Crippen molar-refractivity contribution in [3.05, 3.63) is 57.0 Å². The number of benzene rings is 1. The number of hydrogen-bond donors (Lipinski definition) is 0. The van der Waals surface area contributed by atoms with Crippen molar-refractivity contribution < 1.29 is 9.47 Å². The monoisotopic (exact) mass is 325 g/mol. The summed E-state index contributed by atoms with van der Waals surface area (Å²) in [7, 11) is 3.14. The van der Waals surface area contributed by atoms with E-state index in [0.29, 0.717) is 28.5 Å². The summed E-state index contributed by atoms with van der Waals surface area (Å²) in [5.74, 6) is 1.26. The summed E-state index contributed by atoms with van der Waals surface area (Å²) in [5.41, 5.74) is 2.30. The lowest BCUT2D eigenvalue weighted by Crippen LogP contribution is -2.23. The fraction of sp³-hybridized carbons (Fsp3) is 0.278. The van der Waals surface area contributed by atoms with Crippen molar-refractivity contribution in [3.8, 4) is 17.6 Å². The third kappa shape index (κ3) is 3.15. The van der Waals surface area contributed by atoms with E-state index in [-0.39, 0.29) is 5.56 Å². The Hall–Kier alpha value is -3.07. The number of nitriles is 1. The molecule has 2 aromatic rings. The Morgan fingerprint density at radius 3 is 2.50 bits per heavy atom. The van der Waals surface area contributed by atoms with Gasteiger partial charge in [0.15, 0.2) is 0 Å². The van der Waals surface area contributed by atoms with Gasteiger partial charge in [-0.05, 0) is 44.5 Å². The molecule has 0 aliphatic rings. The van der Waals surface area contributed by atoms with Crippen molar-refractivity contribution in [3.63, 3.8) is 0 Å². The lowest BCUT2D eigenvalue weighted by atomic mass is 10.1. The highest BCUT2D eigenvalue weighted by molar-refractivity contribution is 6.01. The van der Waals surface area contributed by atoms with Crippen LogP contribution < -0.4 is 15.0 Å². The Morgan fingerprint density at radius 2 is 1.92 bits per heavy atom. The first-order valence-electron chi connectivity index (χ1n) is 7.34. The maximum absolute atomic E-state index is 12.4. The molecule has 0 unspecified atom stereocenters. The van der Waals surface area contributed by atoms with Gasteiger partial charge in [0.2, 0.25) is 0 Å². The van der Waals surface area contributed by atoms with Gasteiger partial charge in [0.1, 0.15) is 23.1 Å². The Kier molecular flexibility index (Phi) is 5.05. The van der Waals surface area contributed by atoms with Crippen LogP contribution in [-0.2, 0) is 0 Å². The predicted molar refractivity (Wildman–Crippen MR) is 92.0 cm³/mol. The molecule has 1 heterocycles. The normalized spacial score (nSPS) is 11.1. The van der Waals surface area contributed by atoms with E-state index in [0.717, 1.165) is 5.56 Å². The van der Waals surface area contributed by atoms with E-state index < -0.39 is 5.56 Å². The van der Waals surface area contributed by atoms with Gasteiger partial charge < -0.3 is 9.47 Å². The second kappa shape index (κ2) is 7.01. The molecular weight excluding hydrogens is 306 g/mol. The molecule has 0 amide bonds. The number of nitrogens with zero attached hydrogens (tertiary/aromatic N) is 3. The van der Waals surface area contributed by atoms with Crippen molar-refractivity contribution in [2.75, 3.05) is 14.2 Å². The Bertz CT molecular complexity index is 905. The molecule has 0 N–H and O–H groups in total. The summed E-state index contributed by atoms with van der Waals surface area (Å²) < 4.78 is 11.8. The van der Waals surface area contributed by atoms with Crippen LogP contribution in [0.2, 0.25) is 0 Å². The zero-order chi connectivity index (χ0) is 17.9. The molecule has 0 aliphatic carbocycles. The number of aryl methyl sites for hydroxylation is 2. The van der Waals surface area contributed by atoms with E-state index in [4.69, 9.17) is 14.7 Å². The molecule has 0 fully saturated rings. The zero-order valence-corrected chi connectivity index (χ0v) is 14.4. The second-order valence-corrected chi connectivity index (χ2v) is 5.32. The fourth-order valence-corrected chi connectivity index (χ4v) is 2.44. The first kappa shape index (κ1) is 17.3. The van der Waals surface area contributed by atoms with Gasteiger partial charge in [-0.15, -0.1) is 0 Å². The quantitative estimate of drug-likeness (QED) is 0.810. The molecule has 6 heteroatoms. The third-order valence-electron chi connectivity index (χ3n) is 3.72. The van der Waals surface area contributed by atoms with E-state index in [1.54, 1.807) is 53.2 Å². The van der Waals surface area contributed by atoms with Crippen LogP contribution in [0.4, 0.5) is 0 Å². The highest BCUT2D eigenvalue weighted by atomic mass is 16.5. The summed E-state index contributed by atoms with van der Waals surface area (Å²) in [5, 5.41) is 13.6. The summed E-state index contributed by atoms with van der Waals surface area (Å²) in [6.07, 6.45) is 0. The molecular formula is C18H19N3O3. The SMILES string of the molecule is COc1ccc(/C(C)=N\n2c(C)cc(C)c(C#N)c2=O)c(OC)c1. The van der Waals surface area contributed by atoms with Crippen LogP contribution in [-0.4, -0.2) is 24.6 Å². The van der Waals surface area contributed by atoms with Gasteiger partial charge in [-0.3, -0.25) is 4.79 Å². The first-order valence-corrected chi connectivity index (χ1v) is 7.34. The van der Waals surface area contributed by atoms with Gasteiger partial charge in [-0.2, -0.15) is 10.4 Å². The molecule has 0 aliphatic heterocycles. The Balaban J connectivity index is 2.62. The first-order chi connectivity index (χ1) is 11.4. The number of ether oxygens (including phenoxy) is 2. The van der Waals surface area contributed by atoms with E-state index in [9.17, 15) is 4.79 Å². The number of hydrogen-bond acceptors (Lipinski definition) is 5. The molecule has 0 bridgehead atoms. The van der Waals surface area contributed by atoms with Gasteiger partial charge in [0.05, 0.1) is 19.9 Å². The van der Waals surface area contributed by atoms with Crippen molar-refractivity contribution in [2.45, 2.75) is 20.8 Å². The average molecular weight is 325 g/mol. The smallest absolute Gasteiger partial charge is 0.289 e. The molecule has 0 saturated heterocycles. The highest BCUT2D eigenvalue weighted by Crippen LogP contribution is 2.25. The Labute approximate surface area is 140 Å². The van der Waals surface area contributed by atoms with Crippen molar-refractivity contribution in [1.29, 1.82) is 5.26 Å². The lowest BCUT2D eigenvalue weighted by molar-refractivity contribution is 0.394. The van der Waals surface area contributed by atoms with Crippen LogP contribution in [0, 0.1) is 25.2 Å². The maximum Gasteiger partial charge on any atom is 0.289 e. The summed E-state index contributed by atoms with van der Waals surface area (Å²) in [6.45, 7) is 5.29. The van der Waals surface area contributed by atoms with Crippen LogP contribution in [0.5, 0.6) is 11.5 Å². The van der Waals surface area contributed by atoms with Gasteiger partial charge in [-0.25, -0.2) is 4.68 Å². The topological polar surface area (TPSA) is 76.6 Å². The van der Waals surface area contributed by atoms with E-state index >= 15 is 0 Å². The molecule has 0 spiro atoms. The standard InChI is InChI=1S/C18H19N3O3/c1-11-8-12(2)21(18(22)16(11)10-19)20-13(3)15-7-6-14(23-4)9-17(15)24-5/h6-9H,1-5H3/b20-13-. The summed E-state index contributed by atoms with van der Waals surface area (Å²) >= 11 is 0. The van der Waals surface area contributed by atoms with Crippen molar-refractivity contribution >= 4 is 5.71 Å². The summed E-state index contributed by atoms with van der Waals surface area (Å²) in [6, 6.07) is 9.06. The molecule has 0 saturated carbocycles.